The van der Waals surface area contributed by atoms with Crippen molar-refractivity contribution in [3.05, 3.63) is 0 Å². The molecule has 3 nitrogen and oxygen atoms in total. The first-order valence-electron chi connectivity index (χ1n) is 4.55. The fourth-order valence-corrected chi connectivity index (χ4v) is 2.24. The number of hydrogen-bond acceptors (Lipinski definition) is 4. The molecule has 1 aliphatic rings. The van der Waals surface area contributed by atoms with Crippen molar-refractivity contribution in [3.63, 3.8) is 0 Å². The number of aliphatic hydroxyl groups excluding tert-OH is 1. The lowest BCUT2D eigenvalue weighted by Gasteiger charge is -2.25. The molecule has 1 fully saturated rings. The van der Waals surface area contributed by atoms with Gasteiger partial charge in [0.2, 0.25) is 0 Å². The van der Waals surface area contributed by atoms with E-state index < -0.39 is 0 Å². The zero-order chi connectivity index (χ0) is 8.65. The van der Waals surface area contributed by atoms with Gasteiger partial charge in [-0.25, -0.2) is 0 Å². The molecule has 0 bridgehead atoms. The summed E-state index contributed by atoms with van der Waals surface area (Å²) in [5.41, 5.74) is 0. The molecule has 0 aromatic heterocycles. The highest BCUT2D eigenvalue weighted by atomic mass is 32.2. The van der Waals surface area contributed by atoms with E-state index in [-0.39, 0.29) is 6.61 Å². The van der Waals surface area contributed by atoms with Gasteiger partial charge in [0.05, 0.1) is 6.61 Å². The molecular weight excluding hydrogens is 172 g/mol. The van der Waals surface area contributed by atoms with E-state index in [4.69, 9.17) is 5.11 Å². The summed E-state index contributed by atoms with van der Waals surface area (Å²) in [7, 11) is 0. The van der Waals surface area contributed by atoms with E-state index in [9.17, 15) is 0 Å². The molecule has 0 aliphatic carbocycles. The summed E-state index contributed by atoms with van der Waals surface area (Å²) >= 11 is 2.04. The molecule has 0 radical (unpaired) electrons. The molecule has 1 heterocycles. The molecule has 0 aromatic rings. The molecule has 4 heteroatoms. The SMILES string of the molecule is OCCNCCN1CCSCC1. The Hall–Kier alpha value is 0.230. The van der Waals surface area contributed by atoms with Gasteiger partial charge in [-0.3, -0.25) is 0 Å². The van der Waals surface area contributed by atoms with E-state index >= 15 is 0 Å². The number of rotatable bonds is 5. The summed E-state index contributed by atoms with van der Waals surface area (Å²) in [5, 5.41) is 11.7. The van der Waals surface area contributed by atoms with Crippen LogP contribution in [0.3, 0.4) is 0 Å². The van der Waals surface area contributed by atoms with Gasteiger partial charge in [0.15, 0.2) is 0 Å². The first kappa shape index (κ1) is 10.3. The number of nitrogens with one attached hydrogen (secondary N) is 1. The van der Waals surface area contributed by atoms with Crippen molar-refractivity contribution in [2.45, 2.75) is 0 Å². The molecule has 0 saturated carbocycles. The van der Waals surface area contributed by atoms with Gasteiger partial charge in [-0.1, -0.05) is 0 Å². The van der Waals surface area contributed by atoms with Crippen LogP contribution in [-0.4, -0.2) is 60.8 Å². The fourth-order valence-electron chi connectivity index (χ4n) is 1.27. The van der Waals surface area contributed by atoms with Crippen LogP contribution in [0.25, 0.3) is 0 Å². The van der Waals surface area contributed by atoms with Gasteiger partial charge in [-0.15, -0.1) is 0 Å². The normalized spacial score (nSPS) is 19.8. The van der Waals surface area contributed by atoms with E-state index in [0.29, 0.717) is 0 Å². The number of aliphatic hydroxyl groups is 1. The third kappa shape index (κ3) is 4.30. The second kappa shape index (κ2) is 6.71. The predicted molar refractivity (Wildman–Crippen MR) is 53.7 cm³/mol. The van der Waals surface area contributed by atoms with Crippen LogP contribution in [0.5, 0.6) is 0 Å². The van der Waals surface area contributed by atoms with Crippen molar-refractivity contribution >= 4 is 11.8 Å². The molecule has 0 amide bonds. The number of thioether (sulfide) groups is 1. The van der Waals surface area contributed by atoms with Crippen LogP contribution in [0.15, 0.2) is 0 Å². The minimum Gasteiger partial charge on any atom is -0.395 e. The van der Waals surface area contributed by atoms with E-state index in [1.54, 1.807) is 0 Å². The van der Waals surface area contributed by atoms with Gasteiger partial charge < -0.3 is 15.3 Å². The Kier molecular flexibility index (Phi) is 5.77. The highest BCUT2D eigenvalue weighted by Crippen LogP contribution is 2.07. The first-order valence-corrected chi connectivity index (χ1v) is 5.70. The molecule has 72 valence electrons. The quantitative estimate of drug-likeness (QED) is 0.579. The van der Waals surface area contributed by atoms with Gasteiger partial charge in [0.25, 0.3) is 0 Å². The van der Waals surface area contributed by atoms with Gasteiger partial charge in [0.1, 0.15) is 0 Å². The summed E-state index contributed by atoms with van der Waals surface area (Å²) in [4.78, 5) is 2.47. The van der Waals surface area contributed by atoms with Crippen molar-refractivity contribution in [2.75, 3.05) is 50.8 Å². The van der Waals surface area contributed by atoms with E-state index in [2.05, 4.69) is 10.2 Å². The molecule has 0 atom stereocenters. The van der Waals surface area contributed by atoms with Crippen molar-refractivity contribution in [1.29, 1.82) is 0 Å². The van der Waals surface area contributed by atoms with E-state index in [1.807, 2.05) is 11.8 Å². The van der Waals surface area contributed by atoms with Crippen LogP contribution in [0.1, 0.15) is 0 Å². The van der Waals surface area contributed by atoms with Gasteiger partial charge in [-0.2, -0.15) is 11.8 Å². The molecule has 1 saturated heterocycles. The Balaban J connectivity index is 1.91. The Labute approximate surface area is 78.5 Å². The van der Waals surface area contributed by atoms with Gasteiger partial charge >= 0.3 is 0 Å². The summed E-state index contributed by atoms with van der Waals surface area (Å²) in [6.07, 6.45) is 0. The molecule has 1 aliphatic heterocycles. The van der Waals surface area contributed by atoms with Gasteiger partial charge in [-0.05, 0) is 0 Å². The van der Waals surface area contributed by atoms with Crippen LogP contribution >= 0.6 is 11.8 Å². The first-order chi connectivity index (χ1) is 5.93. The Morgan fingerprint density at radius 2 is 2.00 bits per heavy atom. The summed E-state index contributed by atoms with van der Waals surface area (Å²) in [6, 6.07) is 0. The van der Waals surface area contributed by atoms with Crippen LogP contribution in [-0.2, 0) is 0 Å². The molecule has 0 aromatic carbocycles. The summed E-state index contributed by atoms with van der Waals surface area (Å²) in [6.45, 7) is 5.56. The largest absolute Gasteiger partial charge is 0.395 e. The van der Waals surface area contributed by atoms with Crippen molar-refractivity contribution in [1.82, 2.24) is 10.2 Å². The average Bonchev–Trinajstić information content (AvgIpc) is 2.14. The lowest BCUT2D eigenvalue weighted by Crippen LogP contribution is -2.38. The minimum atomic E-state index is 0.246. The van der Waals surface area contributed by atoms with Crippen LogP contribution < -0.4 is 5.32 Å². The maximum Gasteiger partial charge on any atom is 0.0555 e. The van der Waals surface area contributed by atoms with Crippen LogP contribution in [0, 0.1) is 0 Å². The fraction of sp³-hybridized carbons (Fsp3) is 1.00. The molecule has 2 N–H and O–H groups in total. The number of nitrogens with zero attached hydrogens (tertiary/aromatic N) is 1. The smallest absolute Gasteiger partial charge is 0.0555 e. The molecular formula is C8H18N2OS. The topological polar surface area (TPSA) is 35.5 Å². The van der Waals surface area contributed by atoms with Crippen LogP contribution in [0.4, 0.5) is 0 Å². The maximum absolute atomic E-state index is 8.52. The molecule has 0 spiro atoms. The number of hydrogen-bond donors (Lipinski definition) is 2. The second-order valence-corrected chi connectivity index (χ2v) is 4.15. The summed E-state index contributed by atoms with van der Waals surface area (Å²) in [5.74, 6) is 2.56. The highest BCUT2D eigenvalue weighted by molar-refractivity contribution is 7.99. The van der Waals surface area contributed by atoms with Crippen LogP contribution in [0.2, 0.25) is 0 Å². The lowest BCUT2D eigenvalue weighted by molar-refractivity contribution is 0.274. The molecule has 1 rings (SSSR count). The maximum atomic E-state index is 8.52. The standard InChI is InChI=1S/C8H18N2OS/c11-6-2-9-1-3-10-4-7-12-8-5-10/h9,11H,1-8H2. The Bertz CT molecular complexity index is 107. The highest BCUT2D eigenvalue weighted by Gasteiger charge is 2.08. The lowest BCUT2D eigenvalue weighted by atomic mass is 10.4. The van der Waals surface area contributed by atoms with E-state index in [1.165, 1.54) is 24.6 Å². The van der Waals surface area contributed by atoms with Crippen molar-refractivity contribution in [2.24, 2.45) is 0 Å². The van der Waals surface area contributed by atoms with Gasteiger partial charge in [0, 0.05) is 44.2 Å². The third-order valence-corrected chi connectivity index (χ3v) is 2.94. The zero-order valence-corrected chi connectivity index (χ0v) is 8.28. The monoisotopic (exact) mass is 190 g/mol. The van der Waals surface area contributed by atoms with Crippen molar-refractivity contribution in [3.8, 4) is 0 Å². The summed E-state index contributed by atoms with van der Waals surface area (Å²) < 4.78 is 0. The Morgan fingerprint density at radius 1 is 1.25 bits per heavy atom. The Morgan fingerprint density at radius 3 is 2.67 bits per heavy atom. The predicted octanol–water partition coefficient (Wildman–Crippen LogP) is -0.383. The third-order valence-electron chi connectivity index (χ3n) is 2.00. The molecule has 12 heavy (non-hydrogen) atoms. The van der Waals surface area contributed by atoms with Crippen molar-refractivity contribution < 1.29 is 5.11 Å². The average molecular weight is 190 g/mol. The minimum absolute atomic E-state index is 0.246. The second-order valence-electron chi connectivity index (χ2n) is 2.93. The molecule has 0 unspecified atom stereocenters. The zero-order valence-electron chi connectivity index (χ0n) is 7.46. The van der Waals surface area contributed by atoms with E-state index in [0.717, 1.165) is 19.6 Å².